The molecule has 5 nitrogen and oxygen atoms in total. The molecule has 1 aromatic heterocycles. The second-order valence-corrected chi connectivity index (χ2v) is 4.37. The molecule has 0 aliphatic rings. The van der Waals surface area contributed by atoms with Gasteiger partial charge in [0.2, 0.25) is 0 Å². The van der Waals surface area contributed by atoms with E-state index in [1.807, 2.05) is 49.7 Å². The first-order valence-corrected chi connectivity index (χ1v) is 5.91. The second kappa shape index (κ2) is 5.18. The first-order chi connectivity index (χ1) is 8.58. The average molecular weight is 246 g/mol. The highest BCUT2D eigenvalue weighted by molar-refractivity contribution is 5.30. The Morgan fingerprint density at radius 1 is 1.39 bits per heavy atom. The summed E-state index contributed by atoms with van der Waals surface area (Å²) in [5, 5.41) is 8.04. The van der Waals surface area contributed by atoms with Gasteiger partial charge in [-0.05, 0) is 31.5 Å². The van der Waals surface area contributed by atoms with Crippen molar-refractivity contribution in [2.75, 3.05) is 0 Å². The maximum atomic E-state index is 5.84. The van der Waals surface area contributed by atoms with Crippen LogP contribution in [0.25, 0.3) is 0 Å². The lowest BCUT2D eigenvalue weighted by atomic mass is 10.1. The summed E-state index contributed by atoms with van der Waals surface area (Å²) < 4.78 is 7.61. The Kier molecular flexibility index (Phi) is 3.62. The SMILES string of the molecule is Cc1nnc(COc2cccc([C@H](C)N)c2)n1C. The summed E-state index contributed by atoms with van der Waals surface area (Å²) in [6.07, 6.45) is 0. The summed E-state index contributed by atoms with van der Waals surface area (Å²) in [7, 11) is 1.92. The normalized spacial score (nSPS) is 12.4. The van der Waals surface area contributed by atoms with Gasteiger partial charge in [-0.15, -0.1) is 10.2 Å². The Hall–Kier alpha value is -1.88. The fourth-order valence-electron chi connectivity index (χ4n) is 1.61. The van der Waals surface area contributed by atoms with Gasteiger partial charge < -0.3 is 15.0 Å². The fourth-order valence-corrected chi connectivity index (χ4v) is 1.61. The molecule has 2 aromatic rings. The number of hydrogen-bond acceptors (Lipinski definition) is 4. The van der Waals surface area contributed by atoms with Crippen LogP contribution in [0.1, 0.15) is 30.2 Å². The summed E-state index contributed by atoms with van der Waals surface area (Å²) in [6, 6.07) is 7.80. The van der Waals surface area contributed by atoms with Crippen molar-refractivity contribution in [3.63, 3.8) is 0 Å². The van der Waals surface area contributed by atoms with E-state index in [2.05, 4.69) is 10.2 Å². The van der Waals surface area contributed by atoms with E-state index in [4.69, 9.17) is 10.5 Å². The Bertz CT molecular complexity index is 534. The molecule has 0 fully saturated rings. The monoisotopic (exact) mass is 246 g/mol. The van der Waals surface area contributed by atoms with Crippen molar-refractivity contribution in [2.45, 2.75) is 26.5 Å². The molecule has 1 atom stereocenters. The maximum absolute atomic E-state index is 5.84. The highest BCUT2D eigenvalue weighted by atomic mass is 16.5. The molecule has 0 aliphatic heterocycles. The molecule has 1 aromatic carbocycles. The Morgan fingerprint density at radius 3 is 2.78 bits per heavy atom. The lowest BCUT2D eigenvalue weighted by Crippen LogP contribution is -2.06. The van der Waals surface area contributed by atoms with Crippen LogP contribution in [0.2, 0.25) is 0 Å². The van der Waals surface area contributed by atoms with E-state index in [0.29, 0.717) is 6.61 Å². The van der Waals surface area contributed by atoms with Crippen molar-refractivity contribution in [3.05, 3.63) is 41.5 Å². The first kappa shape index (κ1) is 12.6. The van der Waals surface area contributed by atoms with Crippen LogP contribution in [0.3, 0.4) is 0 Å². The maximum Gasteiger partial charge on any atom is 0.170 e. The van der Waals surface area contributed by atoms with E-state index < -0.39 is 0 Å². The van der Waals surface area contributed by atoms with Gasteiger partial charge in [-0.1, -0.05) is 12.1 Å². The molecule has 0 saturated heterocycles. The quantitative estimate of drug-likeness (QED) is 0.892. The number of nitrogens with zero attached hydrogens (tertiary/aromatic N) is 3. The van der Waals surface area contributed by atoms with Gasteiger partial charge in [-0.25, -0.2) is 0 Å². The van der Waals surface area contributed by atoms with Crippen molar-refractivity contribution in [1.82, 2.24) is 14.8 Å². The third-order valence-corrected chi connectivity index (χ3v) is 2.93. The van der Waals surface area contributed by atoms with E-state index in [-0.39, 0.29) is 6.04 Å². The van der Waals surface area contributed by atoms with E-state index in [9.17, 15) is 0 Å². The Labute approximate surface area is 107 Å². The molecule has 0 bridgehead atoms. The lowest BCUT2D eigenvalue weighted by molar-refractivity contribution is 0.290. The Balaban J connectivity index is 2.06. The molecule has 0 aliphatic carbocycles. The number of aromatic nitrogens is 3. The van der Waals surface area contributed by atoms with E-state index in [1.165, 1.54) is 0 Å². The average Bonchev–Trinajstić information content (AvgIpc) is 2.68. The first-order valence-electron chi connectivity index (χ1n) is 5.91. The number of ether oxygens (including phenoxy) is 1. The third-order valence-electron chi connectivity index (χ3n) is 2.93. The minimum Gasteiger partial charge on any atom is -0.486 e. The van der Waals surface area contributed by atoms with Crippen LogP contribution >= 0.6 is 0 Å². The van der Waals surface area contributed by atoms with Crippen LogP contribution in [0.5, 0.6) is 5.75 Å². The van der Waals surface area contributed by atoms with E-state index >= 15 is 0 Å². The molecule has 0 radical (unpaired) electrons. The van der Waals surface area contributed by atoms with Crippen LogP contribution in [0.4, 0.5) is 0 Å². The summed E-state index contributed by atoms with van der Waals surface area (Å²) >= 11 is 0. The van der Waals surface area contributed by atoms with Crippen LogP contribution < -0.4 is 10.5 Å². The van der Waals surface area contributed by atoms with Crippen molar-refractivity contribution in [2.24, 2.45) is 12.8 Å². The number of rotatable bonds is 4. The Morgan fingerprint density at radius 2 is 2.17 bits per heavy atom. The molecule has 1 heterocycles. The molecule has 96 valence electrons. The molecule has 0 spiro atoms. The lowest BCUT2D eigenvalue weighted by Gasteiger charge is -2.09. The molecule has 0 unspecified atom stereocenters. The summed E-state index contributed by atoms with van der Waals surface area (Å²) in [5.41, 5.74) is 6.89. The van der Waals surface area contributed by atoms with Crippen molar-refractivity contribution in [1.29, 1.82) is 0 Å². The fraction of sp³-hybridized carbons (Fsp3) is 0.385. The van der Waals surface area contributed by atoms with Gasteiger partial charge in [-0.2, -0.15) is 0 Å². The smallest absolute Gasteiger partial charge is 0.170 e. The third kappa shape index (κ3) is 2.68. The molecule has 2 rings (SSSR count). The predicted octanol–water partition coefficient (Wildman–Crippen LogP) is 1.72. The van der Waals surface area contributed by atoms with Gasteiger partial charge in [0, 0.05) is 13.1 Å². The number of aryl methyl sites for hydroxylation is 1. The zero-order valence-corrected chi connectivity index (χ0v) is 10.9. The highest BCUT2D eigenvalue weighted by Crippen LogP contribution is 2.18. The largest absolute Gasteiger partial charge is 0.486 e. The minimum absolute atomic E-state index is 0.00521. The zero-order valence-electron chi connectivity index (χ0n) is 10.9. The van der Waals surface area contributed by atoms with Crippen LogP contribution in [0.15, 0.2) is 24.3 Å². The van der Waals surface area contributed by atoms with E-state index in [1.54, 1.807) is 0 Å². The topological polar surface area (TPSA) is 66.0 Å². The molecule has 5 heteroatoms. The van der Waals surface area contributed by atoms with Gasteiger partial charge in [0.05, 0.1) is 0 Å². The van der Waals surface area contributed by atoms with Crippen LogP contribution in [0, 0.1) is 6.92 Å². The van der Waals surface area contributed by atoms with Crippen molar-refractivity contribution < 1.29 is 4.74 Å². The number of benzene rings is 1. The minimum atomic E-state index is 0.00521. The molecular formula is C13H18N4O. The highest BCUT2D eigenvalue weighted by Gasteiger charge is 2.06. The predicted molar refractivity (Wildman–Crippen MR) is 69.1 cm³/mol. The summed E-state index contributed by atoms with van der Waals surface area (Å²) in [4.78, 5) is 0. The van der Waals surface area contributed by atoms with Gasteiger partial charge in [0.25, 0.3) is 0 Å². The van der Waals surface area contributed by atoms with Crippen molar-refractivity contribution in [3.8, 4) is 5.75 Å². The molecular weight excluding hydrogens is 228 g/mol. The number of nitrogens with two attached hydrogens (primary N) is 1. The van der Waals surface area contributed by atoms with Gasteiger partial charge in [0.1, 0.15) is 18.2 Å². The van der Waals surface area contributed by atoms with Gasteiger partial charge >= 0.3 is 0 Å². The molecule has 0 amide bonds. The van der Waals surface area contributed by atoms with Crippen LogP contribution in [-0.4, -0.2) is 14.8 Å². The molecule has 18 heavy (non-hydrogen) atoms. The summed E-state index contributed by atoms with van der Waals surface area (Å²) in [5.74, 6) is 2.47. The molecule has 2 N–H and O–H groups in total. The standard InChI is InChI=1S/C13H18N4O/c1-9(14)11-5-4-6-12(7-11)18-8-13-16-15-10(2)17(13)3/h4-7,9H,8,14H2,1-3H3/t9-/m0/s1. The molecule has 0 saturated carbocycles. The second-order valence-electron chi connectivity index (χ2n) is 4.37. The van der Waals surface area contributed by atoms with Crippen LogP contribution in [-0.2, 0) is 13.7 Å². The van der Waals surface area contributed by atoms with Gasteiger partial charge in [0.15, 0.2) is 5.82 Å². The summed E-state index contributed by atoms with van der Waals surface area (Å²) in [6.45, 7) is 4.26. The number of hydrogen-bond donors (Lipinski definition) is 1. The van der Waals surface area contributed by atoms with E-state index in [0.717, 1.165) is 23.0 Å². The van der Waals surface area contributed by atoms with Gasteiger partial charge in [-0.3, -0.25) is 0 Å². The zero-order chi connectivity index (χ0) is 13.1. The van der Waals surface area contributed by atoms with Crippen molar-refractivity contribution >= 4 is 0 Å².